The molecule has 0 aromatic carbocycles. The standard InChI is InChI=1S/C11H16O4.C10H14O4.4C8H10O4.5C7H8O4/c1-5-9(12)14-7-11(3,4)8-15-10(13)6-2;1-4-9(11)13-7-6-8(3)14-10(12)5-2;4*1-3-7(9)11-5-6-12-8(10)4-2;5*1-3-6(8)10-5-11-7(9)4-2/h5-6H,1-2,7-8H2,3-4H3;4-5,8H,1-2,6-7H2,3H3;4*3-4H,1-2,5-6H2;5*3-4H,1-2,5H2. The van der Waals surface area contributed by atoms with E-state index in [1.54, 1.807) is 6.92 Å². The van der Waals surface area contributed by atoms with Crippen LogP contribution >= 0.6 is 0 Å². The third-order valence-electron chi connectivity index (χ3n) is 10.3. The minimum atomic E-state index is -0.637. The molecule has 0 aliphatic carbocycles. The maximum absolute atomic E-state index is 10.8. The van der Waals surface area contributed by atoms with Gasteiger partial charge >= 0.3 is 131 Å². The Hall–Kier alpha value is -17.4. The highest BCUT2D eigenvalue weighted by Crippen LogP contribution is 2.16. The van der Waals surface area contributed by atoms with Gasteiger partial charge in [0.2, 0.25) is 34.0 Å². The average Bonchev–Trinajstić information content (AvgIpc) is 0.919. The summed E-state index contributed by atoms with van der Waals surface area (Å²) < 4.78 is 98.5. The van der Waals surface area contributed by atoms with Gasteiger partial charge in [0.15, 0.2) is 0 Å². The number of hydrogen-bond donors (Lipinski definition) is 0. The van der Waals surface area contributed by atoms with Gasteiger partial charge in [-0.05, 0) is 6.92 Å². The Morgan fingerprint density at radius 1 is 0.174 bits per heavy atom. The number of hydrogen-bond acceptors (Lipinski definition) is 44. The molecule has 0 radical (unpaired) electrons. The highest BCUT2D eigenvalue weighted by molar-refractivity contribution is 5.88. The van der Waals surface area contributed by atoms with Gasteiger partial charge in [0, 0.05) is 146 Å². The van der Waals surface area contributed by atoms with E-state index in [1.165, 1.54) is 0 Å². The summed E-state index contributed by atoms with van der Waals surface area (Å²) in [6.07, 6.45) is 22.6. The quantitative estimate of drug-likeness (QED) is 0.0206. The van der Waals surface area contributed by atoms with Crippen molar-refractivity contribution in [3.8, 4) is 0 Å². The van der Waals surface area contributed by atoms with Crippen LogP contribution in [-0.4, -0.2) is 244 Å². The van der Waals surface area contributed by atoms with Gasteiger partial charge in [0.05, 0.1) is 19.8 Å². The molecule has 0 bridgehead atoms. The lowest BCUT2D eigenvalue weighted by molar-refractivity contribution is -0.162. The van der Waals surface area contributed by atoms with Crippen LogP contribution in [0.3, 0.4) is 0 Å². The first-order valence-corrected chi connectivity index (χ1v) is 35.8. The number of carbonyl (C=O) groups excluding carboxylic acids is 22. The molecule has 0 amide bonds. The molecule has 132 heavy (non-hydrogen) atoms. The van der Waals surface area contributed by atoms with E-state index in [9.17, 15) is 105 Å². The molecule has 0 saturated heterocycles. The highest BCUT2D eigenvalue weighted by atomic mass is 16.7. The van der Waals surface area contributed by atoms with E-state index in [4.69, 9.17) is 18.9 Å². The second kappa shape index (κ2) is 102. The molecule has 726 valence electrons. The fraction of sp³-hybridized carbons (Fsp3) is 0.250. The van der Waals surface area contributed by atoms with E-state index >= 15 is 0 Å². The lowest BCUT2D eigenvalue weighted by atomic mass is 9.96. The van der Waals surface area contributed by atoms with Gasteiger partial charge < -0.3 is 104 Å². The smallest absolute Gasteiger partial charge is 0.333 e. The van der Waals surface area contributed by atoms with Crippen LogP contribution in [0.5, 0.6) is 0 Å². The highest BCUT2D eigenvalue weighted by Gasteiger charge is 2.22. The van der Waals surface area contributed by atoms with Crippen LogP contribution in [0.25, 0.3) is 0 Å². The van der Waals surface area contributed by atoms with Crippen molar-refractivity contribution >= 4 is 131 Å². The van der Waals surface area contributed by atoms with E-state index < -0.39 is 171 Å². The zero-order valence-corrected chi connectivity index (χ0v) is 73.3. The first-order valence-electron chi connectivity index (χ1n) is 35.8. The molecule has 44 nitrogen and oxygen atoms in total. The van der Waals surface area contributed by atoms with Gasteiger partial charge in [-0.2, -0.15) is 0 Å². The summed E-state index contributed by atoms with van der Waals surface area (Å²) in [7, 11) is 0. The summed E-state index contributed by atoms with van der Waals surface area (Å²) >= 11 is 0. The van der Waals surface area contributed by atoms with Gasteiger partial charge in [0.1, 0.15) is 59.0 Å². The molecule has 0 aliphatic heterocycles. The van der Waals surface area contributed by atoms with E-state index in [0.717, 1.165) is 134 Å². The Balaban J connectivity index is -0.000000136. The lowest BCUT2D eigenvalue weighted by Gasteiger charge is -2.22. The summed E-state index contributed by atoms with van der Waals surface area (Å²) in [5.41, 5.74) is -0.419. The van der Waals surface area contributed by atoms with E-state index in [2.05, 4.69) is 230 Å². The average molecular weight is 1870 g/mol. The molecular weight excluding hydrogens is 1760 g/mol. The number of carbonyl (C=O) groups is 22. The lowest BCUT2D eigenvalue weighted by Crippen LogP contribution is -2.27. The van der Waals surface area contributed by atoms with Crippen molar-refractivity contribution in [1.29, 1.82) is 0 Å². The zero-order chi connectivity index (χ0) is 104. The Kier molecular flexibility index (Phi) is 107. The predicted octanol–water partition coefficient (Wildman–Crippen LogP) is 6.49. The van der Waals surface area contributed by atoms with Gasteiger partial charge in [0.25, 0.3) is 0 Å². The van der Waals surface area contributed by atoms with Crippen molar-refractivity contribution in [2.24, 2.45) is 5.41 Å². The Morgan fingerprint density at radius 2 is 0.280 bits per heavy atom. The van der Waals surface area contributed by atoms with Gasteiger partial charge in [-0.1, -0.05) is 159 Å². The molecule has 0 saturated carbocycles. The molecule has 0 fully saturated rings. The fourth-order valence-corrected chi connectivity index (χ4v) is 4.31. The van der Waals surface area contributed by atoms with Gasteiger partial charge in [-0.15, -0.1) is 0 Å². The van der Waals surface area contributed by atoms with Crippen molar-refractivity contribution in [2.45, 2.75) is 33.3 Å². The molecule has 1 atom stereocenters. The molecule has 0 heterocycles. The molecule has 0 aromatic heterocycles. The molecule has 0 rings (SSSR count). The van der Waals surface area contributed by atoms with Crippen molar-refractivity contribution in [2.75, 3.05) is 107 Å². The summed E-state index contributed by atoms with van der Waals surface area (Å²) in [6, 6.07) is 0. The van der Waals surface area contributed by atoms with Crippen molar-refractivity contribution in [3.05, 3.63) is 278 Å². The van der Waals surface area contributed by atoms with E-state index in [0.29, 0.717) is 6.42 Å². The number of ether oxygens (including phenoxy) is 22. The zero-order valence-electron chi connectivity index (χ0n) is 73.3. The van der Waals surface area contributed by atoms with Gasteiger partial charge in [-0.3, -0.25) is 0 Å². The topological polar surface area (TPSA) is 579 Å². The molecule has 44 heteroatoms. The SMILES string of the molecule is C=CC(=O)OCC(C)(C)COC(=O)C=C.C=CC(=O)OCCC(C)OC(=O)C=C.C=CC(=O)OCCOC(=O)C=C.C=CC(=O)OCCOC(=O)C=C.C=CC(=O)OCCOC(=O)C=C.C=CC(=O)OCCOC(=O)C=C.C=CC(=O)OCOC(=O)C=C.C=CC(=O)OCOC(=O)C=C.C=CC(=O)OCOC(=O)C=C.C=CC(=O)OCOC(=O)C=C.C=CC(=O)OCOC(=O)C=C. The Bertz CT molecular complexity index is 3260. The van der Waals surface area contributed by atoms with Crippen LogP contribution in [-0.2, 0) is 210 Å². The first-order chi connectivity index (χ1) is 62.3. The first kappa shape index (κ1) is 138. The largest absolute Gasteiger partial charge is 0.462 e. The van der Waals surface area contributed by atoms with E-state index in [1.807, 2.05) is 13.8 Å². The molecular formula is C88H110O44. The van der Waals surface area contributed by atoms with Gasteiger partial charge in [-0.25, -0.2) is 105 Å². The second-order valence-corrected chi connectivity index (χ2v) is 20.6. The summed E-state index contributed by atoms with van der Waals surface area (Å²) in [6.45, 7) is 74.1. The minimum Gasteiger partial charge on any atom is -0.462 e. The number of rotatable bonds is 52. The maximum atomic E-state index is 10.8. The molecule has 0 N–H and O–H groups in total. The fourth-order valence-electron chi connectivity index (χ4n) is 4.31. The van der Waals surface area contributed by atoms with Crippen LogP contribution in [0.4, 0.5) is 0 Å². The monoisotopic (exact) mass is 1870 g/mol. The summed E-state index contributed by atoms with van der Waals surface area (Å²) in [4.78, 5) is 230. The van der Waals surface area contributed by atoms with Crippen molar-refractivity contribution < 1.29 is 210 Å². The predicted molar refractivity (Wildman–Crippen MR) is 464 cm³/mol. The molecule has 0 spiro atoms. The van der Waals surface area contributed by atoms with Crippen LogP contribution in [0.1, 0.15) is 27.2 Å². The Labute approximate surface area is 761 Å². The molecule has 0 aliphatic rings. The van der Waals surface area contributed by atoms with E-state index in [-0.39, 0.29) is 78.8 Å². The minimum absolute atomic E-state index is 0.0322. The third-order valence-corrected chi connectivity index (χ3v) is 10.3. The molecule has 0 aromatic rings. The third kappa shape index (κ3) is 123. The second-order valence-electron chi connectivity index (χ2n) is 20.6. The number of esters is 22. The summed E-state index contributed by atoms with van der Waals surface area (Å²) in [5, 5.41) is 0. The molecule has 1 unspecified atom stereocenters. The Morgan fingerprint density at radius 3 is 0.402 bits per heavy atom. The van der Waals surface area contributed by atoms with Crippen molar-refractivity contribution in [1.82, 2.24) is 0 Å². The normalized spacial score (nSPS) is 8.72. The van der Waals surface area contributed by atoms with Crippen LogP contribution in [0, 0.1) is 5.41 Å². The van der Waals surface area contributed by atoms with Crippen LogP contribution in [0.15, 0.2) is 278 Å². The van der Waals surface area contributed by atoms with Crippen molar-refractivity contribution in [3.63, 3.8) is 0 Å². The maximum Gasteiger partial charge on any atom is 0.333 e. The van der Waals surface area contributed by atoms with Crippen LogP contribution < -0.4 is 0 Å². The summed E-state index contributed by atoms with van der Waals surface area (Å²) in [5.74, 6) is -12.6. The van der Waals surface area contributed by atoms with Crippen LogP contribution in [0.2, 0.25) is 0 Å².